The van der Waals surface area contributed by atoms with Crippen molar-refractivity contribution in [3.63, 3.8) is 0 Å². The van der Waals surface area contributed by atoms with E-state index in [9.17, 15) is 4.79 Å². The van der Waals surface area contributed by atoms with E-state index in [0.29, 0.717) is 6.42 Å². The summed E-state index contributed by atoms with van der Waals surface area (Å²) in [6.45, 7) is 5.86. The van der Waals surface area contributed by atoms with Crippen LogP contribution in [0.3, 0.4) is 0 Å². The Kier molecular flexibility index (Phi) is 5.11. The molecule has 1 aliphatic heterocycles. The van der Waals surface area contributed by atoms with Crippen molar-refractivity contribution < 1.29 is 4.79 Å². The molecule has 1 amide bonds. The molecule has 5 heteroatoms. The Morgan fingerprint density at radius 2 is 2.16 bits per heavy atom. The second-order valence-corrected chi connectivity index (χ2v) is 7.96. The molecule has 0 bridgehead atoms. The average Bonchev–Trinajstić information content (AvgIpc) is 2.92. The Morgan fingerprint density at radius 1 is 1.36 bits per heavy atom. The molecule has 2 aliphatic rings. The molecule has 1 spiro atoms. The fourth-order valence-electron chi connectivity index (χ4n) is 4.13. The maximum absolute atomic E-state index is 12.7. The van der Waals surface area contributed by atoms with E-state index in [1.165, 1.54) is 16.8 Å². The minimum absolute atomic E-state index is 0.0352. The van der Waals surface area contributed by atoms with Crippen LogP contribution in [0.4, 0.5) is 5.95 Å². The van der Waals surface area contributed by atoms with Gasteiger partial charge in [0.25, 0.3) is 0 Å². The molecule has 0 N–H and O–H groups in total. The Balaban J connectivity index is 1.77. The molecule has 25 heavy (non-hydrogen) atoms. The number of carbonyl (C=O) groups excluding carboxylic acids is 1. The third kappa shape index (κ3) is 3.70. The summed E-state index contributed by atoms with van der Waals surface area (Å²) in [6, 6.07) is 0. The molecule has 0 aromatic carbocycles. The van der Waals surface area contributed by atoms with Gasteiger partial charge in [-0.15, -0.1) is 0 Å². The summed E-state index contributed by atoms with van der Waals surface area (Å²) in [5.41, 5.74) is 3.77. The number of hydrogen-bond donors (Lipinski definition) is 0. The second kappa shape index (κ2) is 7.14. The number of allylic oxidation sites excluding steroid dienone is 2. The third-order valence-electron chi connectivity index (χ3n) is 5.47. The van der Waals surface area contributed by atoms with E-state index in [4.69, 9.17) is 4.98 Å². The first-order valence-corrected chi connectivity index (χ1v) is 9.36. The van der Waals surface area contributed by atoms with Crippen molar-refractivity contribution in [1.82, 2.24) is 14.9 Å². The Morgan fingerprint density at radius 3 is 2.88 bits per heavy atom. The fourth-order valence-corrected chi connectivity index (χ4v) is 4.13. The van der Waals surface area contributed by atoms with Crippen molar-refractivity contribution in [3.8, 4) is 0 Å². The quantitative estimate of drug-likeness (QED) is 0.789. The van der Waals surface area contributed by atoms with Crippen LogP contribution < -0.4 is 4.90 Å². The van der Waals surface area contributed by atoms with Crippen molar-refractivity contribution in [2.75, 3.05) is 32.1 Å². The van der Waals surface area contributed by atoms with Gasteiger partial charge in [-0.1, -0.05) is 11.6 Å². The van der Waals surface area contributed by atoms with Crippen LogP contribution in [0.1, 0.15) is 57.2 Å². The summed E-state index contributed by atoms with van der Waals surface area (Å²) in [5, 5.41) is 0. The number of nitrogens with zero attached hydrogens (tertiary/aromatic N) is 4. The van der Waals surface area contributed by atoms with Gasteiger partial charge < -0.3 is 9.80 Å². The lowest BCUT2D eigenvalue weighted by atomic mass is 9.77. The first kappa shape index (κ1) is 17.9. The molecule has 3 rings (SSSR count). The first-order chi connectivity index (χ1) is 11.9. The highest BCUT2D eigenvalue weighted by molar-refractivity contribution is 5.76. The van der Waals surface area contributed by atoms with Crippen LogP contribution in [0.25, 0.3) is 0 Å². The number of carbonyl (C=O) groups is 1. The first-order valence-electron chi connectivity index (χ1n) is 9.36. The number of aryl methyl sites for hydroxylation is 1. The average molecular weight is 342 g/mol. The van der Waals surface area contributed by atoms with Gasteiger partial charge in [0.2, 0.25) is 11.9 Å². The molecule has 1 fully saturated rings. The van der Waals surface area contributed by atoms with Crippen LogP contribution in [0.2, 0.25) is 0 Å². The number of piperidine rings is 1. The largest absolute Gasteiger partial charge is 0.347 e. The molecule has 2 heterocycles. The van der Waals surface area contributed by atoms with Gasteiger partial charge in [0.1, 0.15) is 0 Å². The zero-order valence-electron chi connectivity index (χ0n) is 16.0. The van der Waals surface area contributed by atoms with Crippen LogP contribution in [0, 0.1) is 0 Å². The third-order valence-corrected chi connectivity index (χ3v) is 5.47. The monoisotopic (exact) mass is 342 g/mol. The van der Waals surface area contributed by atoms with Gasteiger partial charge in [0.15, 0.2) is 0 Å². The molecule has 0 saturated carbocycles. The van der Waals surface area contributed by atoms with Gasteiger partial charge in [-0.2, -0.15) is 0 Å². The van der Waals surface area contributed by atoms with E-state index >= 15 is 0 Å². The van der Waals surface area contributed by atoms with Crippen LogP contribution >= 0.6 is 0 Å². The fraction of sp³-hybridized carbons (Fsp3) is 0.650. The molecule has 1 aliphatic carbocycles. The van der Waals surface area contributed by atoms with E-state index in [1.54, 1.807) is 0 Å². The number of anilines is 1. The standard InChI is InChI=1S/C20H30N4O/c1-15(2)7-5-8-17(25)24-12-6-10-20(14-24)11-9-16-13-21-19(23(3)4)22-18(16)20/h7,13H,5-6,8-12,14H2,1-4H3. The summed E-state index contributed by atoms with van der Waals surface area (Å²) in [6.07, 6.45) is 9.90. The number of aromatic nitrogens is 2. The van der Waals surface area contributed by atoms with E-state index < -0.39 is 0 Å². The molecule has 1 unspecified atom stereocenters. The van der Waals surface area contributed by atoms with Crippen molar-refractivity contribution in [1.29, 1.82) is 0 Å². The number of amides is 1. The summed E-state index contributed by atoms with van der Waals surface area (Å²) >= 11 is 0. The maximum Gasteiger partial charge on any atom is 0.225 e. The van der Waals surface area contributed by atoms with Crippen LogP contribution in [0.15, 0.2) is 17.8 Å². The van der Waals surface area contributed by atoms with Crippen molar-refractivity contribution in [3.05, 3.63) is 29.1 Å². The van der Waals surface area contributed by atoms with Crippen LogP contribution in [-0.2, 0) is 16.6 Å². The predicted molar refractivity (Wildman–Crippen MR) is 101 cm³/mol. The molecule has 5 nitrogen and oxygen atoms in total. The molecular weight excluding hydrogens is 312 g/mol. The summed E-state index contributed by atoms with van der Waals surface area (Å²) in [5.74, 6) is 1.05. The molecule has 1 saturated heterocycles. The van der Waals surface area contributed by atoms with Gasteiger partial charge in [-0.05, 0) is 51.5 Å². The minimum atomic E-state index is 0.0352. The topological polar surface area (TPSA) is 49.3 Å². The van der Waals surface area contributed by atoms with Crippen LogP contribution in [0.5, 0.6) is 0 Å². The molecule has 1 atom stereocenters. The zero-order valence-corrected chi connectivity index (χ0v) is 16.0. The predicted octanol–water partition coefficient (Wildman–Crippen LogP) is 3.10. The lowest BCUT2D eigenvalue weighted by Gasteiger charge is -2.40. The summed E-state index contributed by atoms with van der Waals surface area (Å²) in [7, 11) is 3.95. The highest BCUT2D eigenvalue weighted by Crippen LogP contribution is 2.44. The molecule has 136 valence electrons. The highest BCUT2D eigenvalue weighted by atomic mass is 16.2. The second-order valence-electron chi connectivity index (χ2n) is 7.96. The molecule has 1 aromatic rings. The van der Waals surface area contributed by atoms with Crippen LogP contribution in [-0.4, -0.2) is 48.0 Å². The van der Waals surface area contributed by atoms with Gasteiger partial charge in [-0.25, -0.2) is 9.97 Å². The number of likely N-dealkylation sites (tertiary alicyclic amines) is 1. The van der Waals surface area contributed by atoms with Gasteiger partial charge in [0, 0.05) is 45.2 Å². The van der Waals surface area contributed by atoms with Gasteiger partial charge >= 0.3 is 0 Å². The molecule has 1 aromatic heterocycles. The Labute approximate surface area is 151 Å². The van der Waals surface area contributed by atoms with E-state index in [2.05, 4.69) is 29.8 Å². The van der Waals surface area contributed by atoms with E-state index in [1.807, 2.05) is 25.2 Å². The normalized spacial score (nSPS) is 22.0. The number of hydrogen-bond acceptors (Lipinski definition) is 4. The Bertz CT molecular complexity index is 674. The molecular formula is C20H30N4O. The van der Waals surface area contributed by atoms with Crippen molar-refractivity contribution in [2.24, 2.45) is 0 Å². The summed E-state index contributed by atoms with van der Waals surface area (Å²) in [4.78, 5) is 26.0. The number of fused-ring (bicyclic) bond motifs is 2. The Hall–Kier alpha value is -1.91. The SMILES string of the molecule is CC(C)=CCCC(=O)N1CCCC2(CCc3cnc(N(C)C)nc32)C1. The lowest BCUT2D eigenvalue weighted by Crippen LogP contribution is -2.48. The smallest absolute Gasteiger partial charge is 0.225 e. The lowest BCUT2D eigenvalue weighted by molar-refractivity contribution is -0.133. The summed E-state index contributed by atoms with van der Waals surface area (Å²) < 4.78 is 0. The van der Waals surface area contributed by atoms with E-state index in [-0.39, 0.29) is 11.3 Å². The van der Waals surface area contributed by atoms with E-state index in [0.717, 1.165) is 51.1 Å². The maximum atomic E-state index is 12.7. The van der Waals surface area contributed by atoms with Gasteiger partial charge in [-0.3, -0.25) is 4.79 Å². The minimum Gasteiger partial charge on any atom is -0.347 e. The molecule has 0 radical (unpaired) electrons. The highest BCUT2D eigenvalue weighted by Gasteiger charge is 2.44. The van der Waals surface area contributed by atoms with Gasteiger partial charge in [0.05, 0.1) is 5.69 Å². The van der Waals surface area contributed by atoms with Crippen molar-refractivity contribution >= 4 is 11.9 Å². The number of rotatable bonds is 4. The van der Waals surface area contributed by atoms with Crippen molar-refractivity contribution in [2.45, 2.75) is 57.8 Å². The zero-order chi connectivity index (χ0) is 18.0.